The van der Waals surface area contributed by atoms with Crippen LogP contribution < -0.4 is 21.1 Å². The molecule has 0 radical (unpaired) electrons. The molecular weight excluding hydrogens is 594 g/mol. The van der Waals surface area contributed by atoms with Gasteiger partial charge in [0, 0.05) is 37.8 Å². The molecule has 0 bridgehead atoms. The first-order valence-corrected chi connectivity index (χ1v) is 17.6. The standard InChI is InChI=1S/C38H53N3O6/c1-47-37-20-27-10-15-35(45)31(34(44)5-3-2-4-25-18-28-8-13-30(43)21-33(28)41-23-25)14-9-26(32(27)22-36(37)46)7-12-29(42)11-6-24-16-17-40-38(39)19-24/h16,19-20,22,25-26,28-29,31,33-34,40-42,44,46H,2-8,10-13,15,17-18,21,23,39H2,1H3/t25-,26+,28+,29+,31+,33+,34+/m0/s1. The molecule has 7 N–H and O–H groups in total. The van der Waals surface area contributed by atoms with Crippen molar-refractivity contribution in [1.29, 1.82) is 0 Å². The number of hydrogen-bond donors (Lipinski definition) is 6. The minimum atomic E-state index is -0.845. The number of aryl methyl sites for hydroxylation is 1. The highest BCUT2D eigenvalue weighted by Gasteiger charge is 2.34. The molecule has 2 aliphatic carbocycles. The second-order valence-corrected chi connectivity index (χ2v) is 14.0. The molecule has 1 saturated carbocycles. The van der Waals surface area contributed by atoms with Crippen LogP contribution in [0.5, 0.6) is 11.5 Å². The van der Waals surface area contributed by atoms with Gasteiger partial charge < -0.3 is 36.4 Å². The molecule has 0 amide bonds. The zero-order valence-electron chi connectivity index (χ0n) is 27.8. The minimum Gasteiger partial charge on any atom is -0.504 e. The van der Waals surface area contributed by atoms with Gasteiger partial charge in [0.15, 0.2) is 17.3 Å². The number of piperidine rings is 1. The number of rotatable bonds is 13. The molecule has 47 heavy (non-hydrogen) atoms. The molecule has 2 heterocycles. The second-order valence-electron chi connectivity index (χ2n) is 14.0. The molecule has 1 aromatic rings. The quantitative estimate of drug-likeness (QED) is 0.137. The van der Waals surface area contributed by atoms with Gasteiger partial charge in [-0.05, 0) is 111 Å². The normalized spacial score (nSPS) is 27.3. The lowest BCUT2D eigenvalue weighted by molar-refractivity contribution is -0.124. The summed E-state index contributed by atoms with van der Waals surface area (Å²) in [5.41, 5.74) is 8.72. The Morgan fingerprint density at radius 3 is 2.72 bits per heavy atom. The highest BCUT2D eigenvalue weighted by molar-refractivity contribution is 5.85. The summed E-state index contributed by atoms with van der Waals surface area (Å²) in [4.78, 5) is 25.2. The van der Waals surface area contributed by atoms with Crippen LogP contribution in [0.15, 0.2) is 35.7 Å². The number of benzene rings is 1. The van der Waals surface area contributed by atoms with Gasteiger partial charge in [0.05, 0.1) is 25.1 Å². The first kappa shape index (κ1) is 35.0. The van der Waals surface area contributed by atoms with Gasteiger partial charge in [0.1, 0.15) is 11.7 Å². The SMILES string of the molecule is COc1cc2c(cc1O)[C@H](CC[C@H](O)CCC1=CCNC(N)=C1)C#C[C@H]([C@H](O)CCCC[C@@H]1CN[C@@H]3CC(=O)CC[C@@H]3C1)C(=O)CC2. The van der Waals surface area contributed by atoms with Gasteiger partial charge >= 0.3 is 0 Å². The lowest BCUT2D eigenvalue weighted by Crippen LogP contribution is -2.48. The van der Waals surface area contributed by atoms with E-state index in [1.54, 1.807) is 12.1 Å². The fourth-order valence-electron chi connectivity index (χ4n) is 7.84. The largest absolute Gasteiger partial charge is 0.504 e. The summed E-state index contributed by atoms with van der Waals surface area (Å²) in [5.74, 6) is 7.88. The van der Waals surface area contributed by atoms with Crippen molar-refractivity contribution in [1.82, 2.24) is 10.6 Å². The van der Waals surface area contributed by atoms with E-state index in [-0.39, 0.29) is 23.9 Å². The molecule has 4 aliphatic rings. The summed E-state index contributed by atoms with van der Waals surface area (Å²) >= 11 is 0. The fourth-order valence-corrected chi connectivity index (χ4v) is 7.84. The van der Waals surface area contributed by atoms with E-state index in [1.807, 2.05) is 6.08 Å². The summed E-state index contributed by atoms with van der Waals surface area (Å²) in [6.45, 7) is 1.63. The fraction of sp³-hybridized carbons (Fsp3) is 0.632. The molecular formula is C38H53N3O6. The number of carbonyl (C=O) groups is 2. The maximum atomic E-state index is 13.4. The minimum absolute atomic E-state index is 0.0173. The van der Waals surface area contributed by atoms with Crippen molar-refractivity contribution in [3.05, 3.63) is 46.8 Å². The van der Waals surface area contributed by atoms with E-state index >= 15 is 0 Å². The molecule has 1 saturated heterocycles. The van der Waals surface area contributed by atoms with Gasteiger partial charge in [-0.1, -0.05) is 30.8 Å². The van der Waals surface area contributed by atoms with Gasteiger partial charge in [-0.25, -0.2) is 0 Å². The molecule has 9 nitrogen and oxygen atoms in total. The third kappa shape index (κ3) is 9.62. The molecule has 7 atom stereocenters. The highest BCUT2D eigenvalue weighted by atomic mass is 16.5. The Morgan fingerprint density at radius 2 is 1.91 bits per heavy atom. The molecule has 0 unspecified atom stereocenters. The maximum Gasteiger partial charge on any atom is 0.160 e. The first-order valence-electron chi connectivity index (χ1n) is 17.6. The van der Waals surface area contributed by atoms with E-state index in [0.29, 0.717) is 86.7 Å². The van der Waals surface area contributed by atoms with Gasteiger partial charge in [-0.2, -0.15) is 0 Å². The zero-order valence-corrected chi connectivity index (χ0v) is 27.8. The van der Waals surface area contributed by atoms with Crippen molar-refractivity contribution >= 4 is 11.6 Å². The number of hydrogen-bond acceptors (Lipinski definition) is 9. The summed E-state index contributed by atoms with van der Waals surface area (Å²) < 4.78 is 5.37. The maximum absolute atomic E-state index is 13.4. The van der Waals surface area contributed by atoms with Crippen LogP contribution in [0.4, 0.5) is 0 Å². The van der Waals surface area contributed by atoms with Gasteiger partial charge in [-0.3, -0.25) is 9.59 Å². The van der Waals surface area contributed by atoms with Crippen LogP contribution in [-0.4, -0.2) is 65.3 Å². The highest BCUT2D eigenvalue weighted by Crippen LogP contribution is 2.37. The number of carbonyl (C=O) groups excluding carboxylic acids is 2. The number of aliphatic hydroxyl groups excluding tert-OH is 2. The number of ketones is 2. The number of fused-ring (bicyclic) bond motifs is 2. The van der Waals surface area contributed by atoms with Gasteiger partial charge in [0.25, 0.3) is 0 Å². The summed E-state index contributed by atoms with van der Waals surface area (Å²) in [6, 6.07) is 3.82. The van der Waals surface area contributed by atoms with E-state index in [0.717, 1.165) is 61.8 Å². The number of phenols is 1. The number of ether oxygens (including phenoxy) is 1. The monoisotopic (exact) mass is 647 g/mol. The number of allylic oxidation sites excluding steroid dienone is 2. The van der Waals surface area contributed by atoms with E-state index in [9.17, 15) is 24.9 Å². The van der Waals surface area contributed by atoms with E-state index in [4.69, 9.17) is 10.5 Å². The number of methoxy groups -OCH3 is 1. The Morgan fingerprint density at radius 1 is 1.06 bits per heavy atom. The van der Waals surface area contributed by atoms with Crippen molar-refractivity contribution in [2.75, 3.05) is 20.2 Å². The molecule has 2 aliphatic heterocycles. The van der Waals surface area contributed by atoms with Crippen LogP contribution in [0.2, 0.25) is 0 Å². The Bertz CT molecular complexity index is 1390. The number of nitrogens with one attached hydrogen (secondary N) is 2. The second kappa shape index (κ2) is 16.7. The number of aromatic hydroxyl groups is 1. The van der Waals surface area contributed by atoms with E-state index in [1.165, 1.54) is 7.11 Å². The molecule has 5 rings (SSSR count). The number of aliphatic hydroxyl groups is 2. The Balaban J connectivity index is 1.19. The Labute approximate surface area is 279 Å². The lowest BCUT2D eigenvalue weighted by atomic mass is 9.74. The molecule has 9 heteroatoms. The van der Waals surface area contributed by atoms with Crippen molar-refractivity contribution in [2.45, 2.75) is 114 Å². The Hall–Kier alpha value is -3.32. The van der Waals surface area contributed by atoms with Crippen LogP contribution in [0.1, 0.15) is 101 Å². The first-order chi connectivity index (χ1) is 22.7. The zero-order chi connectivity index (χ0) is 33.3. The average Bonchev–Trinajstić information content (AvgIpc) is 3.12. The number of Topliss-reactive ketones (excluding diaryl/α,β-unsaturated/α-hetero) is 2. The molecule has 2 fully saturated rings. The van der Waals surface area contributed by atoms with Crippen molar-refractivity contribution in [3.8, 4) is 23.3 Å². The lowest BCUT2D eigenvalue weighted by Gasteiger charge is -2.39. The molecule has 1 aromatic carbocycles. The number of unbranched alkanes of at least 4 members (excludes halogenated alkanes) is 1. The van der Waals surface area contributed by atoms with Crippen LogP contribution in [0, 0.1) is 29.6 Å². The predicted octanol–water partition coefficient (Wildman–Crippen LogP) is 4.14. The van der Waals surface area contributed by atoms with E-state index < -0.39 is 18.1 Å². The Kier molecular flexibility index (Phi) is 12.4. The van der Waals surface area contributed by atoms with E-state index in [2.05, 4.69) is 28.6 Å². The topological polar surface area (TPSA) is 154 Å². The number of phenolic OH excluding ortho intramolecular Hbond substituents is 1. The van der Waals surface area contributed by atoms with Crippen molar-refractivity contribution < 1.29 is 29.6 Å². The smallest absolute Gasteiger partial charge is 0.160 e. The van der Waals surface area contributed by atoms with Gasteiger partial charge in [-0.15, -0.1) is 0 Å². The predicted molar refractivity (Wildman–Crippen MR) is 182 cm³/mol. The van der Waals surface area contributed by atoms with Crippen LogP contribution in [0.3, 0.4) is 0 Å². The van der Waals surface area contributed by atoms with Gasteiger partial charge in [0.2, 0.25) is 0 Å². The third-order valence-electron chi connectivity index (χ3n) is 10.6. The average molecular weight is 648 g/mol. The molecule has 0 spiro atoms. The summed E-state index contributed by atoms with van der Waals surface area (Å²) in [6.07, 6.45) is 12.6. The molecule has 0 aromatic heterocycles. The number of dihydropyridines is 1. The molecule has 256 valence electrons. The summed E-state index contributed by atoms with van der Waals surface area (Å²) in [7, 11) is 1.50. The third-order valence-corrected chi connectivity index (χ3v) is 10.6. The van der Waals surface area contributed by atoms with Crippen molar-refractivity contribution in [3.63, 3.8) is 0 Å². The van der Waals surface area contributed by atoms with Crippen LogP contribution in [-0.2, 0) is 16.0 Å². The van der Waals surface area contributed by atoms with Crippen molar-refractivity contribution in [2.24, 2.45) is 23.5 Å². The van der Waals surface area contributed by atoms with Crippen LogP contribution >= 0.6 is 0 Å². The summed E-state index contributed by atoms with van der Waals surface area (Å²) in [5, 5.41) is 39.4. The number of nitrogens with two attached hydrogens (primary N) is 1. The van der Waals surface area contributed by atoms with Crippen LogP contribution in [0.25, 0.3) is 0 Å².